The zero-order valence-electron chi connectivity index (χ0n) is 11.4. The number of carbonyl (C=O) groups is 1. The molecule has 0 saturated carbocycles. The number of halogens is 1. The second-order valence-electron chi connectivity index (χ2n) is 5.01. The van der Waals surface area contributed by atoms with Crippen LogP contribution < -0.4 is 11.1 Å². The summed E-state index contributed by atoms with van der Waals surface area (Å²) in [6, 6.07) is 0. The fourth-order valence-electron chi connectivity index (χ4n) is 1.62. The van der Waals surface area contributed by atoms with Gasteiger partial charge < -0.3 is 11.1 Å². The molecule has 0 fully saturated rings. The molecule has 0 aliphatic heterocycles. The van der Waals surface area contributed by atoms with E-state index in [1.807, 2.05) is 25.5 Å². The third-order valence-corrected chi connectivity index (χ3v) is 4.01. The summed E-state index contributed by atoms with van der Waals surface area (Å²) in [5.74, 6) is -0.297. The third kappa shape index (κ3) is 3.32. The SMILES string of the molecule is CCn1nc(C)c(Br)c1CNCC(C)(C)C(N)=O. The van der Waals surface area contributed by atoms with Crippen molar-refractivity contribution in [2.24, 2.45) is 11.1 Å². The van der Waals surface area contributed by atoms with Crippen molar-refractivity contribution in [1.29, 1.82) is 0 Å². The molecular formula is C12H21BrN4O. The summed E-state index contributed by atoms with van der Waals surface area (Å²) in [4.78, 5) is 11.2. The topological polar surface area (TPSA) is 72.9 Å². The van der Waals surface area contributed by atoms with Crippen LogP contribution in [-0.4, -0.2) is 22.2 Å². The second kappa shape index (κ2) is 5.84. The number of hydrogen-bond acceptors (Lipinski definition) is 3. The van der Waals surface area contributed by atoms with Gasteiger partial charge in [0.05, 0.1) is 21.3 Å². The van der Waals surface area contributed by atoms with Crippen LogP contribution in [0.15, 0.2) is 4.47 Å². The Labute approximate surface area is 116 Å². The molecule has 0 aliphatic carbocycles. The van der Waals surface area contributed by atoms with Crippen molar-refractivity contribution in [3.8, 4) is 0 Å². The molecule has 1 heterocycles. The molecule has 0 aliphatic rings. The van der Waals surface area contributed by atoms with Gasteiger partial charge in [0.25, 0.3) is 0 Å². The number of aryl methyl sites for hydroxylation is 2. The van der Waals surface area contributed by atoms with Crippen LogP contribution in [0.5, 0.6) is 0 Å². The van der Waals surface area contributed by atoms with E-state index in [0.717, 1.165) is 22.4 Å². The zero-order chi connectivity index (χ0) is 13.9. The lowest BCUT2D eigenvalue weighted by molar-refractivity contribution is -0.125. The van der Waals surface area contributed by atoms with Crippen LogP contribution in [0.4, 0.5) is 0 Å². The van der Waals surface area contributed by atoms with Gasteiger partial charge in [0.2, 0.25) is 5.91 Å². The minimum Gasteiger partial charge on any atom is -0.369 e. The quantitative estimate of drug-likeness (QED) is 0.836. The smallest absolute Gasteiger partial charge is 0.224 e. The molecule has 0 spiro atoms. The molecule has 5 nitrogen and oxygen atoms in total. The van der Waals surface area contributed by atoms with Crippen molar-refractivity contribution >= 4 is 21.8 Å². The Kier molecular flexibility index (Phi) is 4.92. The van der Waals surface area contributed by atoms with E-state index in [0.29, 0.717) is 13.1 Å². The third-order valence-electron chi connectivity index (χ3n) is 2.98. The Morgan fingerprint density at radius 3 is 2.67 bits per heavy atom. The number of nitrogens with two attached hydrogens (primary N) is 1. The highest BCUT2D eigenvalue weighted by Gasteiger charge is 2.24. The van der Waals surface area contributed by atoms with E-state index in [-0.39, 0.29) is 5.91 Å². The number of nitrogens with zero attached hydrogens (tertiary/aromatic N) is 2. The molecule has 0 bridgehead atoms. The van der Waals surface area contributed by atoms with E-state index in [4.69, 9.17) is 5.73 Å². The Bertz CT molecular complexity index is 440. The van der Waals surface area contributed by atoms with Gasteiger partial charge in [-0.3, -0.25) is 9.48 Å². The maximum atomic E-state index is 11.2. The van der Waals surface area contributed by atoms with Crippen molar-refractivity contribution in [3.63, 3.8) is 0 Å². The summed E-state index contributed by atoms with van der Waals surface area (Å²) in [5, 5.41) is 7.68. The molecule has 0 unspecified atom stereocenters. The van der Waals surface area contributed by atoms with Crippen molar-refractivity contribution in [1.82, 2.24) is 15.1 Å². The first kappa shape index (κ1) is 15.2. The molecular weight excluding hydrogens is 296 g/mol. The van der Waals surface area contributed by atoms with Gasteiger partial charge in [-0.25, -0.2) is 0 Å². The molecule has 0 radical (unpaired) electrons. The Hall–Kier alpha value is -0.880. The summed E-state index contributed by atoms with van der Waals surface area (Å²) in [7, 11) is 0. The maximum Gasteiger partial charge on any atom is 0.224 e. The summed E-state index contributed by atoms with van der Waals surface area (Å²) in [6.07, 6.45) is 0. The molecule has 6 heteroatoms. The first-order valence-electron chi connectivity index (χ1n) is 6.02. The molecule has 1 aromatic rings. The Balaban J connectivity index is 2.67. The average Bonchev–Trinajstić information content (AvgIpc) is 2.56. The largest absolute Gasteiger partial charge is 0.369 e. The second-order valence-corrected chi connectivity index (χ2v) is 5.81. The van der Waals surface area contributed by atoms with Crippen LogP contribution in [0.25, 0.3) is 0 Å². The number of amides is 1. The van der Waals surface area contributed by atoms with Gasteiger partial charge in [-0.05, 0) is 43.6 Å². The summed E-state index contributed by atoms with van der Waals surface area (Å²) in [6.45, 7) is 9.71. The molecule has 18 heavy (non-hydrogen) atoms. The molecule has 0 atom stereocenters. The molecule has 3 N–H and O–H groups in total. The minimum absolute atomic E-state index is 0.297. The van der Waals surface area contributed by atoms with Gasteiger partial charge in [-0.1, -0.05) is 0 Å². The van der Waals surface area contributed by atoms with E-state index < -0.39 is 5.41 Å². The highest BCUT2D eigenvalue weighted by Crippen LogP contribution is 2.21. The maximum absolute atomic E-state index is 11.2. The predicted molar refractivity (Wildman–Crippen MR) is 75.0 cm³/mol. The number of nitrogens with one attached hydrogen (secondary N) is 1. The lowest BCUT2D eigenvalue weighted by atomic mass is 9.93. The van der Waals surface area contributed by atoms with Crippen molar-refractivity contribution in [2.75, 3.05) is 6.54 Å². The Morgan fingerprint density at radius 1 is 1.56 bits per heavy atom. The molecule has 1 aromatic heterocycles. The first-order chi connectivity index (χ1) is 8.29. The van der Waals surface area contributed by atoms with Crippen molar-refractivity contribution in [3.05, 3.63) is 15.9 Å². The van der Waals surface area contributed by atoms with Crippen LogP contribution in [-0.2, 0) is 17.9 Å². The zero-order valence-corrected chi connectivity index (χ0v) is 13.0. The van der Waals surface area contributed by atoms with Gasteiger partial charge in [-0.15, -0.1) is 0 Å². The predicted octanol–water partition coefficient (Wildman–Crippen LogP) is 1.58. The molecule has 0 saturated heterocycles. The number of primary amides is 1. The monoisotopic (exact) mass is 316 g/mol. The molecule has 102 valence electrons. The van der Waals surface area contributed by atoms with Crippen molar-refractivity contribution < 1.29 is 4.79 Å². The van der Waals surface area contributed by atoms with E-state index in [1.54, 1.807) is 0 Å². The van der Waals surface area contributed by atoms with Crippen LogP contribution in [0.3, 0.4) is 0 Å². The molecule has 1 amide bonds. The summed E-state index contributed by atoms with van der Waals surface area (Å²) < 4.78 is 2.97. The Morgan fingerprint density at radius 2 is 2.17 bits per heavy atom. The highest BCUT2D eigenvalue weighted by atomic mass is 79.9. The number of aromatic nitrogens is 2. The first-order valence-corrected chi connectivity index (χ1v) is 6.81. The fourth-order valence-corrected chi connectivity index (χ4v) is 2.04. The van der Waals surface area contributed by atoms with Crippen LogP contribution in [0.2, 0.25) is 0 Å². The molecule has 1 rings (SSSR count). The van der Waals surface area contributed by atoms with Gasteiger partial charge in [0, 0.05) is 19.6 Å². The fraction of sp³-hybridized carbons (Fsp3) is 0.667. The van der Waals surface area contributed by atoms with Crippen LogP contribution >= 0.6 is 15.9 Å². The van der Waals surface area contributed by atoms with Gasteiger partial charge >= 0.3 is 0 Å². The lowest BCUT2D eigenvalue weighted by Gasteiger charge is -2.21. The van der Waals surface area contributed by atoms with E-state index in [9.17, 15) is 4.79 Å². The van der Waals surface area contributed by atoms with E-state index >= 15 is 0 Å². The number of rotatable bonds is 6. The standard InChI is InChI=1S/C12H21BrN4O/c1-5-17-9(10(13)8(2)16-17)6-15-7-12(3,4)11(14)18/h15H,5-7H2,1-4H3,(H2,14,18). The van der Waals surface area contributed by atoms with Gasteiger partial charge in [0.15, 0.2) is 0 Å². The van der Waals surface area contributed by atoms with E-state index in [1.165, 1.54) is 0 Å². The average molecular weight is 317 g/mol. The normalized spacial score (nSPS) is 11.8. The van der Waals surface area contributed by atoms with E-state index in [2.05, 4.69) is 33.3 Å². The number of carbonyl (C=O) groups excluding carboxylic acids is 1. The van der Waals surface area contributed by atoms with Crippen molar-refractivity contribution in [2.45, 2.75) is 40.8 Å². The van der Waals surface area contributed by atoms with Crippen LogP contribution in [0.1, 0.15) is 32.2 Å². The highest BCUT2D eigenvalue weighted by molar-refractivity contribution is 9.10. The van der Waals surface area contributed by atoms with Gasteiger partial charge in [0.1, 0.15) is 0 Å². The van der Waals surface area contributed by atoms with Gasteiger partial charge in [-0.2, -0.15) is 5.10 Å². The van der Waals surface area contributed by atoms with Crippen LogP contribution in [0, 0.1) is 12.3 Å². The summed E-state index contributed by atoms with van der Waals surface area (Å²) in [5.41, 5.74) is 6.86. The molecule has 0 aromatic carbocycles. The lowest BCUT2D eigenvalue weighted by Crippen LogP contribution is -2.40. The minimum atomic E-state index is -0.543. The number of hydrogen-bond donors (Lipinski definition) is 2. The summed E-state index contributed by atoms with van der Waals surface area (Å²) >= 11 is 3.54.